The second-order valence-electron chi connectivity index (χ2n) is 4.57. The molecule has 0 fully saturated rings. The van der Waals surface area contributed by atoms with Crippen molar-refractivity contribution in [2.45, 2.75) is 18.1 Å². The van der Waals surface area contributed by atoms with Gasteiger partial charge in [-0.3, -0.25) is 9.52 Å². The Bertz CT molecular complexity index is 882. The quantitative estimate of drug-likeness (QED) is 0.848. The summed E-state index contributed by atoms with van der Waals surface area (Å²) >= 11 is 6.70. The summed E-state index contributed by atoms with van der Waals surface area (Å²) in [7, 11) is -4.09. The van der Waals surface area contributed by atoms with Crippen molar-refractivity contribution >= 4 is 50.2 Å². The van der Waals surface area contributed by atoms with Crippen LogP contribution in [-0.2, 0) is 14.8 Å². The Morgan fingerprint density at radius 3 is 2.48 bits per heavy atom. The van der Waals surface area contributed by atoms with Gasteiger partial charge in [0.25, 0.3) is 10.0 Å². The molecule has 0 aliphatic carbocycles. The minimum absolute atomic E-state index is 0.0766. The lowest BCUT2D eigenvalue weighted by Crippen LogP contribution is -2.16. The van der Waals surface area contributed by atoms with Gasteiger partial charge in [-0.1, -0.05) is 11.6 Å². The van der Waals surface area contributed by atoms with E-state index in [1.807, 2.05) is 10.0 Å². The molecule has 1 heterocycles. The van der Waals surface area contributed by atoms with Crippen LogP contribution in [0.25, 0.3) is 0 Å². The predicted molar refractivity (Wildman–Crippen MR) is 85.5 cm³/mol. The summed E-state index contributed by atoms with van der Waals surface area (Å²) in [5.74, 6) is -2.93. The summed E-state index contributed by atoms with van der Waals surface area (Å²) in [6.07, 6.45) is 0. The van der Waals surface area contributed by atoms with Gasteiger partial charge in [0.1, 0.15) is 15.7 Å². The molecule has 0 saturated carbocycles. The van der Waals surface area contributed by atoms with Crippen LogP contribution < -0.4 is 10.0 Å². The molecule has 0 aliphatic rings. The zero-order valence-corrected chi connectivity index (χ0v) is 14.3. The van der Waals surface area contributed by atoms with Crippen LogP contribution in [0.15, 0.2) is 21.7 Å². The molecule has 0 unspecified atom stereocenters. The van der Waals surface area contributed by atoms with E-state index in [0.717, 1.165) is 30.4 Å². The monoisotopic (exact) mass is 380 g/mol. The second kappa shape index (κ2) is 6.42. The van der Waals surface area contributed by atoms with E-state index in [9.17, 15) is 22.0 Å². The molecule has 0 atom stereocenters. The van der Waals surface area contributed by atoms with Gasteiger partial charge >= 0.3 is 0 Å². The van der Waals surface area contributed by atoms with Gasteiger partial charge in [0, 0.05) is 12.3 Å². The number of nitrogens with one attached hydrogen (secondary N) is 2. The maximum Gasteiger partial charge on any atom is 0.271 e. The van der Waals surface area contributed by atoms with Crippen LogP contribution in [0.4, 0.5) is 20.2 Å². The van der Waals surface area contributed by atoms with E-state index < -0.39 is 38.9 Å². The second-order valence-corrected chi connectivity index (χ2v) is 7.73. The molecule has 23 heavy (non-hydrogen) atoms. The third kappa shape index (κ3) is 3.62. The molecular weight excluding hydrogens is 370 g/mol. The molecule has 0 bridgehead atoms. The standard InChI is InChI=1S/C13H11ClF2N2O3S2/c1-6-8(14)5-22-13(6)23(20,21)18-10-4-3-9(15)12(11(10)16)17-7(2)19/h3-5,18H,1-2H3,(H,17,19). The lowest BCUT2D eigenvalue weighted by Gasteiger charge is -2.12. The first kappa shape index (κ1) is 17.6. The van der Waals surface area contributed by atoms with Crippen molar-refractivity contribution in [3.05, 3.63) is 39.7 Å². The van der Waals surface area contributed by atoms with Crippen LogP contribution in [0.5, 0.6) is 0 Å². The van der Waals surface area contributed by atoms with Crippen LogP contribution in [0.3, 0.4) is 0 Å². The first-order chi connectivity index (χ1) is 10.6. The highest BCUT2D eigenvalue weighted by atomic mass is 35.5. The Morgan fingerprint density at radius 1 is 1.30 bits per heavy atom. The lowest BCUT2D eigenvalue weighted by atomic mass is 10.2. The lowest BCUT2D eigenvalue weighted by molar-refractivity contribution is -0.114. The summed E-state index contributed by atoms with van der Waals surface area (Å²) in [5, 5.41) is 3.69. The zero-order valence-electron chi connectivity index (χ0n) is 11.9. The summed E-state index contributed by atoms with van der Waals surface area (Å²) in [5.41, 5.74) is -0.883. The SMILES string of the molecule is CC(=O)Nc1c(F)ccc(NS(=O)(=O)c2scc(Cl)c2C)c1F. The highest BCUT2D eigenvalue weighted by Crippen LogP contribution is 2.33. The van der Waals surface area contributed by atoms with Crippen LogP contribution in [0.2, 0.25) is 5.02 Å². The van der Waals surface area contributed by atoms with E-state index in [0.29, 0.717) is 5.56 Å². The van der Waals surface area contributed by atoms with E-state index >= 15 is 0 Å². The van der Waals surface area contributed by atoms with E-state index in [2.05, 4.69) is 0 Å². The number of benzene rings is 1. The van der Waals surface area contributed by atoms with Crippen molar-refractivity contribution in [1.29, 1.82) is 0 Å². The fourth-order valence-corrected chi connectivity index (χ4v) is 4.60. The summed E-state index contributed by atoms with van der Waals surface area (Å²) in [6.45, 7) is 2.59. The average molecular weight is 381 g/mol. The Hall–Kier alpha value is -1.71. The molecule has 0 radical (unpaired) electrons. The van der Waals surface area contributed by atoms with Gasteiger partial charge in [0.05, 0.1) is 10.7 Å². The fraction of sp³-hybridized carbons (Fsp3) is 0.154. The Kier molecular flexibility index (Phi) is 4.92. The van der Waals surface area contributed by atoms with Crippen molar-refractivity contribution in [2.75, 3.05) is 10.0 Å². The first-order valence-corrected chi connectivity index (χ1v) is 8.89. The van der Waals surface area contributed by atoms with E-state index in [-0.39, 0.29) is 9.23 Å². The fourth-order valence-electron chi connectivity index (χ4n) is 1.76. The Labute approximate surface area is 140 Å². The minimum atomic E-state index is -4.09. The zero-order chi connectivity index (χ0) is 17.4. The largest absolute Gasteiger partial charge is 0.321 e. The predicted octanol–water partition coefficient (Wildman–Crippen LogP) is 3.75. The van der Waals surface area contributed by atoms with Gasteiger partial charge < -0.3 is 5.32 Å². The number of carbonyl (C=O) groups is 1. The van der Waals surface area contributed by atoms with Crippen LogP contribution >= 0.6 is 22.9 Å². The van der Waals surface area contributed by atoms with Gasteiger partial charge in [0.15, 0.2) is 5.82 Å². The van der Waals surface area contributed by atoms with E-state index in [1.54, 1.807) is 0 Å². The molecule has 1 amide bonds. The van der Waals surface area contributed by atoms with Gasteiger partial charge in [-0.25, -0.2) is 17.2 Å². The van der Waals surface area contributed by atoms with Crippen LogP contribution in [0.1, 0.15) is 12.5 Å². The Balaban J connectivity index is 2.44. The minimum Gasteiger partial charge on any atom is -0.321 e. The molecular formula is C13H11ClF2N2O3S2. The third-order valence-corrected chi connectivity index (χ3v) is 6.44. The number of halogens is 3. The van der Waals surface area contributed by atoms with Crippen molar-refractivity contribution in [2.24, 2.45) is 0 Å². The molecule has 10 heteroatoms. The van der Waals surface area contributed by atoms with E-state index in [1.165, 1.54) is 12.3 Å². The maximum absolute atomic E-state index is 14.2. The highest BCUT2D eigenvalue weighted by molar-refractivity contribution is 7.94. The summed E-state index contributed by atoms with van der Waals surface area (Å²) in [4.78, 5) is 11.0. The van der Waals surface area contributed by atoms with Gasteiger partial charge in [-0.2, -0.15) is 0 Å². The van der Waals surface area contributed by atoms with Gasteiger partial charge in [-0.15, -0.1) is 11.3 Å². The molecule has 5 nitrogen and oxygen atoms in total. The highest BCUT2D eigenvalue weighted by Gasteiger charge is 2.24. The van der Waals surface area contributed by atoms with Crippen LogP contribution in [0, 0.1) is 18.6 Å². The van der Waals surface area contributed by atoms with Crippen molar-refractivity contribution in [3.63, 3.8) is 0 Å². The topological polar surface area (TPSA) is 75.3 Å². The number of hydrogen-bond acceptors (Lipinski definition) is 4. The Morgan fingerprint density at radius 2 is 1.96 bits per heavy atom. The average Bonchev–Trinajstić information content (AvgIpc) is 2.78. The third-order valence-electron chi connectivity index (χ3n) is 2.81. The number of thiophene rings is 1. The van der Waals surface area contributed by atoms with Crippen molar-refractivity contribution in [3.8, 4) is 0 Å². The number of amides is 1. The molecule has 0 aliphatic heterocycles. The first-order valence-electron chi connectivity index (χ1n) is 6.15. The van der Waals surface area contributed by atoms with E-state index in [4.69, 9.17) is 11.6 Å². The molecule has 2 rings (SSSR count). The smallest absolute Gasteiger partial charge is 0.271 e. The summed E-state index contributed by atoms with van der Waals surface area (Å²) in [6, 6.07) is 1.78. The maximum atomic E-state index is 14.2. The van der Waals surface area contributed by atoms with Crippen molar-refractivity contribution in [1.82, 2.24) is 0 Å². The molecule has 0 saturated heterocycles. The molecule has 2 N–H and O–H groups in total. The molecule has 2 aromatic rings. The summed E-state index contributed by atoms with van der Waals surface area (Å²) < 4.78 is 54.4. The molecule has 0 spiro atoms. The number of sulfonamides is 1. The van der Waals surface area contributed by atoms with Gasteiger partial charge in [-0.05, 0) is 24.6 Å². The molecule has 1 aromatic carbocycles. The number of carbonyl (C=O) groups excluding carboxylic acids is 1. The molecule has 1 aromatic heterocycles. The normalized spacial score (nSPS) is 11.3. The van der Waals surface area contributed by atoms with Gasteiger partial charge in [0.2, 0.25) is 5.91 Å². The molecule has 124 valence electrons. The number of hydrogen-bond donors (Lipinski definition) is 2. The number of anilines is 2. The number of rotatable bonds is 4. The van der Waals surface area contributed by atoms with Crippen LogP contribution in [-0.4, -0.2) is 14.3 Å². The van der Waals surface area contributed by atoms with Crippen molar-refractivity contribution < 1.29 is 22.0 Å².